The average Bonchev–Trinajstić information content (AvgIpc) is 3.01. The van der Waals surface area contributed by atoms with Gasteiger partial charge in [0.05, 0.1) is 26.0 Å². The monoisotopic (exact) mass is 361 g/mol. The van der Waals surface area contributed by atoms with Gasteiger partial charge in [-0.2, -0.15) is 0 Å². The third kappa shape index (κ3) is 3.93. The summed E-state index contributed by atoms with van der Waals surface area (Å²) >= 11 is 1.48. The first-order chi connectivity index (χ1) is 12.1. The number of carbonyl (C=O) groups is 1. The van der Waals surface area contributed by atoms with Crippen LogP contribution in [0.2, 0.25) is 0 Å². The minimum atomic E-state index is -0.123. The molecule has 25 heavy (non-hydrogen) atoms. The molecule has 0 radical (unpaired) electrons. The molecule has 1 aromatic carbocycles. The van der Waals surface area contributed by atoms with Crippen molar-refractivity contribution < 1.29 is 14.3 Å². The Bertz CT molecular complexity index is 754. The zero-order valence-corrected chi connectivity index (χ0v) is 15.5. The van der Waals surface area contributed by atoms with Gasteiger partial charge < -0.3 is 20.1 Å². The molecule has 2 heterocycles. The van der Waals surface area contributed by atoms with E-state index in [4.69, 9.17) is 9.47 Å². The summed E-state index contributed by atoms with van der Waals surface area (Å²) in [5.41, 5.74) is 1.78. The fourth-order valence-corrected chi connectivity index (χ4v) is 3.81. The standard InChI is InChI=1S/C18H23N3O3S/c1-11-16(12-7-8-14(23-2)15(10-12)24-3)20-18(25-11)21-17(22)13-6-4-5-9-19-13/h7-8,10,13,19H,4-6,9H2,1-3H3,(H,20,21,22). The number of anilines is 1. The first kappa shape index (κ1) is 17.7. The molecule has 1 unspecified atom stereocenters. The Balaban J connectivity index is 1.79. The Morgan fingerprint density at radius 3 is 2.76 bits per heavy atom. The Kier molecular flexibility index (Phi) is 5.55. The van der Waals surface area contributed by atoms with Gasteiger partial charge in [-0.25, -0.2) is 4.98 Å². The van der Waals surface area contributed by atoms with Gasteiger partial charge >= 0.3 is 0 Å². The molecule has 3 rings (SSSR count). The molecule has 1 fully saturated rings. The van der Waals surface area contributed by atoms with Crippen molar-refractivity contribution >= 4 is 22.4 Å². The molecule has 2 N–H and O–H groups in total. The van der Waals surface area contributed by atoms with Crippen LogP contribution in [-0.4, -0.2) is 37.7 Å². The lowest BCUT2D eigenvalue weighted by Crippen LogP contribution is -2.43. The Morgan fingerprint density at radius 2 is 2.08 bits per heavy atom. The number of thiazole rings is 1. The SMILES string of the molecule is COc1ccc(-c2nc(NC(=O)C3CCCCN3)sc2C)cc1OC. The second-order valence-electron chi connectivity index (χ2n) is 5.99. The average molecular weight is 361 g/mol. The van der Waals surface area contributed by atoms with Crippen LogP contribution in [0.25, 0.3) is 11.3 Å². The highest BCUT2D eigenvalue weighted by molar-refractivity contribution is 7.16. The molecule has 0 spiro atoms. The van der Waals surface area contributed by atoms with Crippen LogP contribution in [-0.2, 0) is 4.79 Å². The molecule has 0 saturated carbocycles. The number of benzene rings is 1. The minimum absolute atomic E-state index is 0.00712. The summed E-state index contributed by atoms with van der Waals surface area (Å²) in [5.74, 6) is 1.33. The van der Waals surface area contributed by atoms with Crippen molar-refractivity contribution in [3.63, 3.8) is 0 Å². The van der Waals surface area contributed by atoms with Crippen molar-refractivity contribution in [1.29, 1.82) is 0 Å². The first-order valence-corrected chi connectivity index (χ1v) is 9.18. The number of nitrogens with zero attached hydrogens (tertiary/aromatic N) is 1. The molecular formula is C18H23N3O3S. The van der Waals surface area contributed by atoms with Gasteiger partial charge in [0.15, 0.2) is 16.6 Å². The lowest BCUT2D eigenvalue weighted by Gasteiger charge is -2.21. The van der Waals surface area contributed by atoms with Crippen molar-refractivity contribution in [2.45, 2.75) is 32.2 Å². The van der Waals surface area contributed by atoms with E-state index in [9.17, 15) is 4.79 Å². The molecule has 1 saturated heterocycles. The number of hydrogen-bond donors (Lipinski definition) is 2. The highest BCUT2D eigenvalue weighted by Crippen LogP contribution is 2.36. The number of hydrogen-bond acceptors (Lipinski definition) is 6. The van der Waals surface area contributed by atoms with Crippen LogP contribution < -0.4 is 20.1 Å². The van der Waals surface area contributed by atoms with E-state index in [1.54, 1.807) is 14.2 Å². The van der Waals surface area contributed by atoms with E-state index < -0.39 is 0 Å². The van der Waals surface area contributed by atoms with Gasteiger partial charge in [-0.3, -0.25) is 4.79 Å². The van der Waals surface area contributed by atoms with Crippen LogP contribution in [0.5, 0.6) is 11.5 Å². The Morgan fingerprint density at radius 1 is 1.28 bits per heavy atom. The summed E-state index contributed by atoms with van der Waals surface area (Å²) in [6.45, 7) is 2.89. The second kappa shape index (κ2) is 7.84. The molecule has 1 aliphatic heterocycles. The highest BCUT2D eigenvalue weighted by atomic mass is 32.1. The number of piperidine rings is 1. The van der Waals surface area contributed by atoms with E-state index in [-0.39, 0.29) is 11.9 Å². The lowest BCUT2D eigenvalue weighted by atomic mass is 10.0. The minimum Gasteiger partial charge on any atom is -0.493 e. The quantitative estimate of drug-likeness (QED) is 0.855. The van der Waals surface area contributed by atoms with E-state index in [1.165, 1.54) is 11.3 Å². The summed E-state index contributed by atoms with van der Waals surface area (Å²) < 4.78 is 10.6. The van der Waals surface area contributed by atoms with Gasteiger partial charge in [0.2, 0.25) is 5.91 Å². The number of nitrogens with one attached hydrogen (secondary N) is 2. The summed E-state index contributed by atoms with van der Waals surface area (Å²) in [7, 11) is 3.22. The molecule has 1 amide bonds. The maximum Gasteiger partial charge on any atom is 0.243 e. The van der Waals surface area contributed by atoms with Crippen LogP contribution in [0.15, 0.2) is 18.2 Å². The zero-order chi connectivity index (χ0) is 17.8. The second-order valence-corrected chi connectivity index (χ2v) is 7.19. The number of aromatic nitrogens is 1. The molecule has 1 aliphatic rings. The topological polar surface area (TPSA) is 72.5 Å². The fraction of sp³-hybridized carbons (Fsp3) is 0.444. The third-order valence-electron chi connectivity index (χ3n) is 4.31. The van der Waals surface area contributed by atoms with Crippen molar-refractivity contribution in [2.24, 2.45) is 0 Å². The van der Waals surface area contributed by atoms with Crippen LogP contribution in [0.3, 0.4) is 0 Å². The van der Waals surface area contributed by atoms with E-state index >= 15 is 0 Å². The molecule has 0 aliphatic carbocycles. The summed E-state index contributed by atoms with van der Waals surface area (Å²) in [6.07, 6.45) is 3.08. The number of methoxy groups -OCH3 is 2. The van der Waals surface area contributed by atoms with Crippen LogP contribution in [0, 0.1) is 6.92 Å². The van der Waals surface area contributed by atoms with E-state index in [1.807, 2.05) is 25.1 Å². The number of amides is 1. The molecule has 2 aromatic rings. The maximum absolute atomic E-state index is 12.4. The lowest BCUT2D eigenvalue weighted by molar-refractivity contribution is -0.118. The molecule has 0 bridgehead atoms. The Hall–Kier alpha value is -2.12. The van der Waals surface area contributed by atoms with Crippen LogP contribution in [0.4, 0.5) is 5.13 Å². The number of carbonyl (C=O) groups excluding carboxylic acids is 1. The predicted octanol–water partition coefficient (Wildman–Crippen LogP) is 3.22. The van der Waals surface area contributed by atoms with Crippen LogP contribution in [0.1, 0.15) is 24.1 Å². The van der Waals surface area contributed by atoms with E-state index in [0.29, 0.717) is 16.6 Å². The predicted molar refractivity (Wildman–Crippen MR) is 99.7 cm³/mol. The third-order valence-corrected chi connectivity index (χ3v) is 5.20. The van der Waals surface area contributed by atoms with Crippen molar-refractivity contribution in [3.05, 3.63) is 23.1 Å². The molecule has 6 nitrogen and oxygen atoms in total. The largest absolute Gasteiger partial charge is 0.493 e. The van der Waals surface area contributed by atoms with Crippen molar-refractivity contribution in [3.8, 4) is 22.8 Å². The summed E-state index contributed by atoms with van der Waals surface area (Å²) in [5, 5.41) is 6.82. The van der Waals surface area contributed by atoms with Gasteiger partial charge in [-0.1, -0.05) is 6.42 Å². The fourth-order valence-electron chi connectivity index (χ4n) is 2.97. The van der Waals surface area contributed by atoms with Crippen molar-refractivity contribution in [2.75, 3.05) is 26.1 Å². The summed E-state index contributed by atoms with van der Waals surface area (Å²) in [4.78, 5) is 18.0. The maximum atomic E-state index is 12.4. The zero-order valence-electron chi connectivity index (χ0n) is 14.7. The molecule has 7 heteroatoms. The normalized spacial score (nSPS) is 17.2. The number of aryl methyl sites for hydroxylation is 1. The smallest absolute Gasteiger partial charge is 0.243 e. The van der Waals surface area contributed by atoms with E-state index in [2.05, 4.69) is 15.6 Å². The first-order valence-electron chi connectivity index (χ1n) is 8.36. The van der Waals surface area contributed by atoms with Gasteiger partial charge in [-0.05, 0) is 44.5 Å². The number of ether oxygens (including phenoxy) is 2. The molecular weight excluding hydrogens is 338 g/mol. The van der Waals surface area contributed by atoms with Gasteiger partial charge in [-0.15, -0.1) is 11.3 Å². The van der Waals surface area contributed by atoms with Crippen LogP contribution >= 0.6 is 11.3 Å². The highest BCUT2D eigenvalue weighted by Gasteiger charge is 2.22. The van der Waals surface area contributed by atoms with Gasteiger partial charge in [0, 0.05) is 10.4 Å². The van der Waals surface area contributed by atoms with E-state index in [0.717, 1.165) is 41.9 Å². The molecule has 134 valence electrons. The molecule has 1 atom stereocenters. The van der Waals surface area contributed by atoms with Gasteiger partial charge in [0.1, 0.15) is 0 Å². The number of rotatable bonds is 5. The van der Waals surface area contributed by atoms with Crippen molar-refractivity contribution in [1.82, 2.24) is 10.3 Å². The molecule has 1 aromatic heterocycles. The summed E-state index contributed by atoms with van der Waals surface area (Å²) in [6, 6.07) is 5.58. The Labute approximate surface area is 151 Å². The van der Waals surface area contributed by atoms with Gasteiger partial charge in [0.25, 0.3) is 0 Å².